The number of aryl methyl sites for hydroxylation is 1. The zero-order chi connectivity index (χ0) is 12.0. The summed E-state index contributed by atoms with van der Waals surface area (Å²) < 4.78 is 4.87. The molecule has 1 atom stereocenters. The summed E-state index contributed by atoms with van der Waals surface area (Å²) >= 11 is 0. The molecule has 0 aromatic carbocycles. The van der Waals surface area contributed by atoms with Crippen molar-refractivity contribution in [3.63, 3.8) is 0 Å². The average molecular weight is 226 g/mol. The van der Waals surface area contributed by atoms with Crippen LogP contribution in [0, 0.1) is 12.8 Å². The Morgan fingerprint density at radius 1 is 1.62 bits per heavy atom. The normalized spacial score (nSPS) is 12.4. The lowest BCUT2D eigenvalue weighted by Gasteiger charge is -2.10. The summed E-state index contributed by atoms with van der Waals surface area (Å²) in [5, 5.41) is 6.35. The first-order chi connectivity index (χ1) is 7.65. The number of hydrogen-bond donors (Lipinski definition) is 2. The molecule has 3 N–H and O–H groups in total. The Kier molecular flexibility index (Phi) is 4.91. The quantitative estimate of drug-likeness (QED) is 0.730. The predicted molar refractivity (Wildman–Crippen MR) is 58.3 cm³/mol. The third-order valence-electron chi connectivity index (χ3n) is 2.39. The topological polar surface area (TPSA) is 94.0 Å². The Morgan fingerprint density at radius 3 is 2.88 bits per heavy atom. The fourth-order valence-electron chi connectivity index (χ4n) is 1.31. The van der Waals surface area contributed by atoms with E-state index in [0.717, 1.165) is 6.42 Å². The number of hydrogen-bond acceptors (Lipinski definition) is 5. The molecule has 6 nitrogen and oxygen atoms in total. The minimum absolute atomic E-state index is 0.0341. The average Bonchev–Trinajstić information content (AvgIpc) is 2.69. The van der Waals surface area contributed by atoms with Crippen molar-refractivity contribution in [2.75, 3.05) is 6.54 Å². The van der Waals surface area contributed by atoms with E-state index >= 15 is 0 Å². The van der Waals surface area contributed by atoms with E-state index in [-0.39, 0.29) is 18.4 Å². The molecule has 0 saturated heterocycles. The first kappa shape index (κ1) is 12.6. The van der Waals surface area contributed by atoms with Crippen molar-refractivity contribution < 1.29 is 9.32 Å². The smallest absolute Gasteiger partial charge is 0.246 e. The molecule has 1 unspecified atom stereocenters. The van der Waals surface area contributed by atoms with Gasteiger partial charge in [0.15, 0.2) is 5.82 Å². The minimum Gasteiger partial charge on any atom is -0.347 e. The molecule has 1 aromatic rings. The van der Waals surface area contributed by atoms with Gasteiger partial charge in [0.2, 0.25) is 11.8 Å². The molecule has 1 heterocycles. The van der Waals surface area contributed by atoms with Crippen molar-refractivity contribution in [1.29, 1.82) is 0 Å². The molecule has 0 bridgehead atoms. The van der Waals surface area contributed by atoms with Gasteiger partial charge in [0.05, 0.1) is 6.54 Å². The predicted octanol–water partition coefficient (Wildman–Crippen LogP) is 0.369. The monoisotopic (exact) mass is 226 g/mol. The second-order valence-electron chi connectivity index (χ2n) is 3.73. The molecule has 0 aliphatic heterocycles. The third-order valence-corrected chi connectivity index (χ3v) is 2.39. The summed E-state index contributed by atoms with van der Waals surface area (Å²) in [5.41, 5.74) is 5.52. The van der Waals surface area contributed by atoms with E-state index in [1.54, 1.807) is 6.92 Å². The number of nitrogens with two attached hydrogens (primary N) is 1. The zero-order valence-corrected chi connectivity index (χ0v) is 9.69. The molecule has 0 spiro atoms. The lowest BCUT2D eigenvalue weighted by atomic mass is 10.0. The number of carbonyl (C=O) groups excluding carboxylic acids is 1. The highest BCUT2D eigenvalue weighted by Crippen LogP contribution is 2.05. The molecule has 0 saturated carbocycles. The molecule has 1 rings (SSSR count). The molecule has 1 aromatic heterocycles. The fraction of sp³-hybridized carbons (Fsp3) is 0.700. The molecule has 0 fully saturated rings. The van der Waals surface area contributed by atoms with Gasteiger partial charge in [-0.2, -0.15) is 4.98 Å². The Morgan fingerprint density at radius 2 is 2.38 bits per heavy atom. The van der Waals surface area contributed by atoms with Gasteiger partial charge in [0, 0.05) is 6.42 Å². The van der Waals surface area contributed by atoms with Gasteiger partial charge in [-0.05, 0) is 19.4 Å². The van der Waals surface area contributed by atoms with Crippen LogP contribution in [-0.4, -0.2) is 22.6 Å². The van der Waals surface area contributed by atoms with Crippen molar-refractivity contribution in [1.82, 2.24) is 15.5 Å². The van der Waals surface area contributed by atoms with Gasteiger partial charge in [0.1, 0.15) is 0 Å². The second kappa shape index (κ2) is 6.22. The standard InChI is InChI=1S/C10H18N4O2/c1-3-8(5-11)4-9(15)12-6-10-13-7(2)14-16-10/h8H,3-6,11H2,1-2H3,(H,12,15). The van der Waals surface area contributed by atoms with E-state index < -0.39 is 0 Å². The number of nitrogens with zero attached hydrogens (tertiary/aromatic N) is 2. The van der Waals surface area contributed by atoms with E-state index in [9.17, 15) is 4.79 Å². The fourth-order valence-corrected chi connectivity index (χ4v) is 1.31. The van der Waals surface area contributed by atoms with Gasteiger partial charge in [-0.1, -0.05) is 18.5 Å². The van der Waals surface area contributed by atoms with Crippen LogP contribution in [-0.2, 0) is 11.3 Å². The van der Waals surface area contributed by atoms with Crippen LogP contribution >= 0.6 is 0 Å². The summed E-state index contributed by atoms with van der Waals surface area (Å²) in [5.74, 6) is 1.20. The van der Waals surface area contributed by atoms with Gasteiger partial charge in [0.25, 0.3) is 0 Å². The zero-order valence-electron chi connectivity index (χ0n) is 9.69. The van der Waals surface area contributed by atoms with Crippen molar-refractivity contribution in [2.45, 2.75) is 33.2 Å². The van der Waals surface area contributed by atoms with E-state index in [1.807, 2.05) is 6.92 Å². The van der Waals surface area contributed by atoms with Crippen LogP contribution in [0.5, 0.6) is 0 Å². The molecular formula is C10H18N4O2. The highest BCUT2D eigenvalue weighted by molar-refractivity contribution is 5.76. The third kappa shape index (κ3) is 3.98. The Bertz CT molecular complexity index is 333. The lowest BCUT2D eigenvalue weighted by molar-refractivity contribution is -0.122. The van der Waals surface area contributed by atoms with Crippen molar-refractivity contribution in [2.24, 2.45) is 11.7 Å². The summed E-state index contributed by atoms with van der Waals surface area (Å²) in [7, 11) is 0. The van der Waals surface area contributed by atoms with Crippen molar-refractivity contribution in [3.05, 3.63) is 11.7 Å². The largest absolute Gasteiger partial charge is 0.347 e. The van der Waals surface area contributed by atoms with Crippen LogP contribution in [0.3, 0.4) is 0 Å². The van der Waals surface area contributed by atoms with Gasteiger partial charge in [-0.15, -0.1) is 0 Å². The molecule has 90 valence electrons. The highest BCUT2D eigenvalue weighted by Gasteiger charge is 2.11. The summed E-state index contributed by atoms with van der Waals surface area (Å²) in [6, 6.07) is 0. The number of rotatable bonds is 6. The number of carbonyl (C=O) groups is 1. The molecule has 0 radical (unpaired) electrons. The van der Waals surface area contributed by atoms with Crippen molar-refractivity contribution in [3.8, 4) is 0 Å². The van der Waals surface area contributed by atoms with Crippen LogP contribution in [0.1, 0.15) is 31.5 Å². The van der Waals surface area contributed by atoms with Gasteiger partial charge in [-0.3, -0.25) is 4.79 Å². The molecule has 0 aliphatic carbocycles. The SMILES string of the molecule is CCC(CN)CC(=O)NCc1nc(C)no1. The second-order valence-corrected chi connectivity index (χ2v) is 3.73. The molecule has 1 amide bonds. The summed E-state index contributed by atoms with van der Waals surface area (Å²) in [6.07, 6.45) is 1.35. The molecule has 0 aliphatic rings. The number of amides is 1. The Labute approximate surface area is 94.6 Å². The highest BCUT2D eigenvalue weighted by atomic mass is 16.5. The van der Waals surface area contributed by atoms with Crippen LogP contribution < -0.4 is 11.1 Å². The first-order valence-corrected chi connectivity index (χ1v) is 5.41. The lowest BCUT2D eigenvalue weighted by Crippen LogP contribution is -2.27. The Balaban J connectivity index is 2.30. The van der Waals surface area contributed by atoms with E-state index in [0.29, 0.717) is 24.7 Å². The van der Waals surface area contributed by atoms with Crippen LogP contribution in [0.4, 0.5) is 0 Å². The Hall–Kier alpha value is -1.43. The molecule has 16 heavy (non-hydrogen) atoms. The summed E-state index contributed by atoms with van der Waals surface area (Å²) in [4.78, 5) is 15.5. The first-order valence-electron chi connectivity index (χ1n) is 5.41. The van der Waals surface area contributed by atoms with Gasteiger partial charge < -0.3 is 15.6 Å². The maximum Gasteiger partial charge on any atom is 0.246 e. The van der Waals surface area contributed by atoms with E-state index in [1.165, 1.54) is 0 Å². The van der Waals surface area contributed by atoms with Crippen molar-refractivity contribution >= 4 is 5.91 Å². The maximum absolute atomic E-state index is 11.5. The molecule has 6 heteroatoms. The molecular weight excluding hydrogens is 208 g/mol. The van der Waals surface area contributed by atoms with E-state index in [4.69, 9.17) is 10.3 Å². The van der Waals surface area contributed by atoms with Gasteiger partial charge in [-0.25, -0.2) is 0 Å². The van der Waals surface area contributed by atoms with Crippen LogP contribution in [0.2, 0.25) is 0 Å². The maximum atomic E-state index is 11.5. The van der Waals surface area contributed by atoms with E-state index in [2.05, 4.69) is 15.5 Å². The van der Waals surface area contributed by atoms with Gasteiger partial charge >= 0.3 is 0 Å². The number of aromatic nitrogens is 2. The van der Waals surface area contributed by atoms with Crippen LogP contribution in [0.15, 0.2) is 4.52 Å². The van der Waals surface area contributed by atoms with Crippen LogP contribution in [0.25, 0.3) is 0 Å². The summed E-state index contributed by atoms with van der Waals surface area (Å²) in [6.45, 7) is 4.56. The number of nitrogens with one attached hydrogen (secondary N) is 1. The minimum atomic E-state index is -0.0341.